The molecule has 8 heterocycles. The first kappa shape index (κ1) is 79.7. The second-order valence-corrected chi connectivity index (χ2v) is 31.7. The van der Waals surface area contributed by atoms with Gasteiger partial charge in [0.1, 0.15) is 30.3 Å². The van der Waals surface area contributed by atoms with E-state index in [9.17, 15) is 33.9 Å². The van der Waals surface area contributed by atoms with Crippen molar-refractivity contribution >= 4 is 69.5 Å². The Bertz CT molecular complexity index is 3990. The van der Waals surface area contributed by atoms with E-state index in [0.29, 0.717) is 95.7 Å². The molecule has 6 bridgehead atoms. The van der Waals surface area contributed by atoms with Crippen LogP contribution in [0.1, 0.15) is 167 Å². The predicted molar refractivity (Wildman–Crippen MR) is 404 cm³/mol. The van der Waals surface area contributed by atoms with Gasteiger partial charge < -0.3 is 59.0 Å². The number of carbonyl (C=O) groups is 6. The number of likely N-dealkylation sites (N-methyl/N-ethyl adjacent to an activating group) is 1. The number of hydrogen-bond donors (Lipinski definition) is 4. The molecule has 4 saturated heterocycles. The third-order valence-corrected chi connectivity index (χ3v) is 22.1. The molecule has 3 aromatic heterocycles. The van der Waals surface area contributed by atoms with E-state index in [1.807, 2.05) is 75.0 Å². The number of nitrogens with zero attached hydrogens (tertiary/aromatic N) is 11. The number of ether oxygens (including phenoxy) is 3. The van der Waals surface area contributed by atoms with Crippen molar-refractivity contribution in [1.29, 1.82) is 0 Å². The number of pyridine rings is 1. The van der Waals surface area contributed by atoms with E-state index in [2.05, 4.69) is 118 Å². The zero-order chi connectivity index (χ0) is 76.0. The van der Waals surface area contributed by atoms with E-state index in [4.69, 9.17) is 30.8 Å². The normalized spacial score (nSPS) is 22.3. The molecule has 11 rings (SSSR count). The van der Waals surface area contributed by atoms with E-state index in [-0.39, 0.29) is 69.4 Å². The van der Waals surface area contributed by atoms with Gasteiger partial charge in [-0.1, -0.05) is 78.1 Å². The van der Waals surface area contributed by atoms with Gasteiger partial charge >= 0.3 is 5.97 Å². The van der Waals surface area contributed by atoms with Gasteiger partial charge in [-0.25, -0.2) is 19.8 Å². The molecule has 105 heavy (non-hydrogen) atoms. The van der Waals surface area contributed by atoms with Crippen LogP contribution in [0.5, 0.6) is 0 Å². The number of amides is 5. The smallest absolute Gasteiger partial charge is 0.324 e. The molecule has 0 saturated carbocycles. The number of carbonyl (C=O) groups excluding carboxylic acids is 6. The molecule has 4 N–H and O–H groups in total. The summed E-state index contributed by atoms with van der Waals surface area (Å²) in [6, 6.07) is 15.2. The van der Waals surface area contributed by atoms with Crippen molar-refractivity contribution in [3.8, 4) is 23.1 Å². The lowest BCUT2D eigenvalue weighted by Crippen LogP contribution is -2.63. The first-order chi connectivity index (χ1) is 49.8. The number of likely N-dealkylation sites (tertiary alicyclic amines) is 1. The zero-order valence-electron chi connectivity index (χ0n) is 64.1. The van der Waals surface area contributed by atoms with Crippen LogP contribution in [-0.2, 0) is 55.9 Å². The monoisotopic (exact) mass is 1470 g/mol. The molecule has 1 aliphatic carbocycles. The topological polar surface area (TPSA) is 253 Å². The zero-order valence-corrected chi connectivity index (χ0v) is 64.8. The standard InChI is InChI=1S/C55H78FN9O8.C24H32ClN5O2/c1-13-64-44-19-18-37-30-40(44)41(48(64)39-16-14-24-57-46(39)36(4)71-12)32-53(5,6)34-73-51(69)42-17-15-25-65(59-42)50(68)43(31-38-33-63(37)28-29-72-38)58-49(67)47(35(2)3)61(11)52(70)55(56)22-26-62(27-23-55)45(66)20-21-54(7,8)60(9)10;1-15(2)26-13-19(17-4-6-18(25)7-5-17)24(32)30-10-8-29(9-11-30)23-21-16(3)12-20(31)22(21)27-14-28-23/h14,16,18-19,24,30,35-36,38,42-43,47,59H,13,15,17,22-23,25-29,31-34H2,1-12H3,(H,58,67);4-7,14-16,19-20,26,31H,8-13H2,1-3H3. The van der Waals surface area contributed by atoms with Crippen LogP contribution >= 0.6 is 11.6 Å². The van der Waals surface area contributed by atoms with Crippen molar-refractivity contribution in [2.24, 2.45) is 11.3 Å². The number of fused-ring (bicyclic) bond motifs is 7. The highest BCUT2D eigenvalue weighted by molar-refractivity contribution is 6.30. The fraction of sp³-hybridized carbons (Fsp3) is 0.608. The number of benzene rings is 2. The molecule has 24 nitrogen and oxygen atoms in total. The maximum Gasteiger partial charge on any atom is 0.324 e. The molecule has 5 amide bonds. The molecular formula is C79H110ClFN14O10. The number of aromatic nitrogens is 4. The average molecular weight is 1470 g/mol. The highest BCUT2D eigenvalue weighted by Gasteiger charge is 2.48. The summed E-state index contributed by atoms with van der Waals surface area (Å²) in [5.41, 5.74) is 8.44. The number of anilines is 2. The number of cyclic esters (lactones) is 1. The van der Waals surface area contributed by atoms with Crippen LogP contribution in [0.25, 0.3) is 22.2 Å². The van der Waals surface area contributed by atoms with Crippen molar-refractivity contribution in [2.75, 3.05) is 117 Å². The average Bonchev–Trinajstić information content (AvgIpc) is 1.61. The Morgan fingerprint density at radius 1 is 0.914 bits per heavy atom. The Balaban J connectivity index is 0.000000306. The number of rotatable bonds is 16. The maximum absolute atomic E-state index is 16.8. The number of aryl methyl sites for hydroxylation is 1. The minimum atomic E-state index is -2.34. The summed E-state index contributed by atoms with van der Waals surface area (Å²) in [5, 5.41) is 19.8. The highest BCUT2D eigenvalue weighted by atomic mass is 35.5. The Hall–Kier alpha value is -7.83. The van der Waals surface area contributed by atoms with Crippen molar-refractivity contribution in [3.05, 3.63) is 100 Å². The van der Waals surface area contributed by atoms with Crippen LogP contribution < -0.4 is 25.9 Å². The van der Waals surface area contributed by atoms with E-state index in [1.165, 1.54) is 17.0 Å². The number of alkyl halides is 1. The summed E-state index contributed by atoms with van der Waals surface area (Å²) in [6.07, 6.45) is 3.76. The number of hydrazine groups is 1. The summed E-state index contributed by atoms with van der Waals surface area (Å²) >= 11 is 6.06. The number of piperazine rings is 1. The Labute approximate surface area is 623 Å². The largest absolute Gasteiger partial charge is 0.464 e. The number of piperidine rings is 1. The molecule has 6 aliphatic rings. The van der Waals surface area contributed by atoms with Crippen LogP contribution in [0.2, 0.25) is 5.02 Å². The molecule has 8 atom stereocenters. The van der Waals surface area contributed by atoms with Crippen LogP contribution in [0.3, 0.4) is 0 Å². The number of nitrogens with one attached hydrogen (secondary N) is 3. The SMILES string of the molecule is CC(C)NCC(C(=O)N1CCN(c2ncnc3c2C(C)CC3O)CC1)c1ccc(Cl)cc1.CCn1c(-c2cccnc2C(C)OC)c2c3cc(ccc31)N1CCOC(CC(NC(=O)C(C(C)C)N(C)C(=O)C3(F)CCN(C(=O)C#CC(C)(C)N(C)C)CC3)C(=O)N3CCCC(N3)C(=O)OCC(C)(C)C2)C1. The molecule has 0 spiro atoms. The van der Waals surface area contributed by atoms with Crippen molar-refractivity contribution in [1.82, 2.24) is 60.2 Å². The molecular weight excluding hydrogens is 1360 g/mol. The van der Waals surface area contributed by atoms with Gasteiger partial charge in [0.15, 0.2) is 5.67 Å². The van der Waals surface area contributed by atoms with Crippen molar-refractivity contribution < 1.29 is 52.5 Å². The van der Waals surface area contributed by atoms with Crippen molar-refractivity contribution in [3.63, 3.8) is 0 Å². The predicted octanol–water partition coefficient (Wildman–Crippen LogP) is 8.39. The van der Waals surface area contributed by atoms with Gasteiger partial charge in [0.25, 0.3) is 17.7 Å². The summed E-state index contributed by atoms with van der Waals surface area (Å²) in [7, 11) is 6.82. The summed E-state index contributed by atoms with van der Waals surface area (Å²) in [5.74, 6) is 3.29. The van der Waals surface area contributed by atoms with Gasteiger partial charge in [-0.2, -0.15) is 0 Å². The van der Waals surface area contributed by atoms with E-state index in [0.717, 1.165) is 66.6 Å². The Morgan fingerprint density at radius 2 is 1.63 bits per heavy atom. The van der Waals surface area contributed by atoms with Gasteiger partial charge in [0.05, 0.1) is 60.1 Å². The number of hydrogen-bond acceptors (Lipinski definition) is 18. The molecule has 2 aromatic carbocycles. The first-order valence-electron chi connectivity index (χ1n) is 37.4. The molecule has 5 aromatic rings. The van der Waals surface area contributed by atoms with Crippen LogP contribution in [0.15, 0.2) is 67.1 Å². The number of esters is 1. The van der Waals surface area contributed by atoms with E-state index >= 15 is 4.39 Å². The Kier molecular flexibility index (Phi) is 25.8. The lowest BCUT2D eigenvalue weighted by atomic mass is 9.84. The summed E-state index contributed by atoms with van der Waals surface area (Å²) < 4.78 is 37.5. The van der Waals surface area contributed by atoms with Gasteiger partial charge in [-0.3, -0.25) is 43.7 Å². The molecule has 570 valence electrons. The van der Waals surface area contributed by atoms with E-state index < -0.39 is 82.5 Å². The Morgan fingerprint density at radius 3 is 2.30 bits per heavy atom. The first-order valence-corrected chi connectivity index (χ1v) is 37.8. The molecule has 4 fully saturated rings. The maximum atomic E-state index is 16.8. The highest BCUT2D eigenvalue weighted by Crippen LogP contribution is 2.45. The van der Waals surface area contributed by atoms with Crippen LogP contribution in [0, 0.1) is 23.2 Å². The molecule has 5 aliphatic heterocycles. The molecule has 8 unspecified atom stereocenters. The minimum Gasteiger partial charge on any atom is -0.464 e. The fourth-order valence-corrected chi connectivity index (χ4v) is 15.4. The number of morpholine rings is 1. The molecule has 0 radical (unpaired) electrons. The lowest BCUT2D eigenvalue weighted by molar-refractivity contribution is -0.156. The quantitative estimate of drug-likeness (QED) is 0.0534. The number of aliphatic hydroxyl groups excluding tert-OH is 1. The van der Waals surface area contributed by atoms with Gasteiger partial charge in [0.2, 0.25) is 11.8 Å². The minimum absolute atomic E-state index is 0.0172. The fourth-order valence-electron chi connectivity index (χ4n) is 15.3. The number of methoxy groups -OCH3 is 1. The third-order valence-electron chi connectivity index (χ3n) is 21.8. The lowest BCUT2D eigenvalue weighted by Gasteiger charge is -2.41. The van der Waals surface area contributed by atoms with Gasteiger partial charge in [0, 0.05) is 156 Å². The summed E-state index contributed by atoms with van der Waals surface area (Å²) in [4.78, 5) is 109. The van der Waals surface area contributed by atoms with Crippen molar-refractivity contribution in [2.45, 2.75) is 193 Å². The second kappa shape index (κ2) is 34.0. The van der Waals surface area contributed by atoms with Gasteiger partial charge in [-0.15, -0.1) is 0 Å². The van der Waals surface area contributed by atoms with E-state index in [1.54, 1.807) is 33.5 Å². The number of aliphatic hydroxyl groups is 1. The number of halogens is 2. The van der Waals surface area contributed by atoms with Crippen LogP contribution in [0.4, 0.5) is 15.9 Å². The third kappa shape index (κ3) is 18.3. The van der Waals surface area contributed by atoms with Gasteiger partial charge in [-0.05, 0) is 139 Å². The summed E-state index contributed by atoms with van der Waals surface area (Å²) in [6.45, 7) is 27.6. The second-order valence-electron chi connectivity index (χ2n) is 31.3. The van der Waals surface area contributed by atoms with Crippen LogP contribution in [-0.4, -0.2) is 233 Å². The molecule has 26 heteroatoms.